The van der Waals surface area contributed by atoms with Gasteiger partial charge in [0.2, 0.25) is 0 Å². The van der Waals surface area contributed by atoms with Crippen molar-refractivity contribution in [2.45, 2.75) is 58.2 Å². The summed E-state index contributed by atoms with van der Waals surface area (Å²) in [5.41, 5.74) is 0.113. The maximum absolute atomic E-state index is 9.55. The van der Waals surface area contributed by atoms with Gasteiger partial charge in [-0.2, -0.15) is 0 Å². The van der Waals surface area contributed by atoms with Crippen LogP contribution in [0, 0.1) is 5.41 Å². The van der Waals surface area contributed by atoms with Crippen molar-refractivity contribution < 1.29 is 5.11 Å². The van der Waals surface area contributed by atoms with Crippen LogP contribution in [0.2, 0.25) is 0 Å². The van der Waals surface area contributed by atoms with Crippen molar-refractivity contribution in [2.24, 2.45) is 10.4 Å². The van der Waals surface area contributed by atoms with Crippen LogP contribution in [-0.4, -0.2) is 29.1 Å². The average Bonchev–Trinajstić information content (AvgIpc) is 2.45. The van der Waals surface area contributed by atoms with E-state index in [1.165, 1.54) is 0 Å². The largest absolute Gasteiger partial charge is 0.393 e. The number of hydrogen-bond donors (Lipinski definition) is 2. The first kappa shape index (κ1) is 9.97. The summed E-state index contributed by atoms with van der Waals surface area (Å²) in [6.45, 7) is 6.52. The van der Waals surface area contributed by atoms with Gasteiger partial charge >= 0.3 is 0 Å². The molecule has 3 heteroatoms. The Morgan fingerprint density at radius 3 is 2.71 bits per heavy atom. The van der Waals surface area contributed by atoms with Gasteiger partial charge in [0.25, 0.3) is 0 Å². The zero-order valence-electron chi connectivity index (χ0n) is 9.25. The lowest BCUT2D eigenvalue weighted by molar-refractivity contribution is 0.112. The first-order valence-electron chi connectivity index (χ1n) is 5.50. The molecule has 3 atom stereocenters. The van der Waals surface area contributed by atoms with Gasteiger partial charge < -0.3 is 10.4 Å². The van der Waals surface area contributed by atoms with Crippen molar-refractivity contribution >= 4 is 5.84 Å². The normalized spacial score (nSPS) is 37.4. The molecule has 1 saturated carbocycles. The number of hydrogen-bond acceptors (Lipinski definition) is 3. The van der Waals surface area contributed by atoms with Gasteiger partial charge in [0.05, 0.1) is 18.2 Å². The molecule has 2 aliphatic rings. The number of nitrogens with one attached hydrogen (secondary N) is 1. The van der Waals surface area contributed by atoms with Crippen molar-refractivity contribution in [2.75, 3.05) is 0 Å². The highest BCUT2D eigenvalue weighted by Crippen LogP contribution is 2.29. The predicted molar refractivity (Wildman–Crippen MR) is 57.5 cm³/mol. The fourth-order valence-corrected chi connectivity index (χ4v) is 2.23. The van der Waals surface area contributed by atoms with Crippen molar-refractivity contribution in [3.05, 3.63) is 0 Å². The summed E-state index contributed by atoms with van der Waals surface area (Å²) in [5, 5.41) is 13.0. The van der Waals surface area contributed by atoms with Crippen molar-refractivity contribution in [3.63, 3.8) is 0 Å². The Labute approximate surface area is 85.6 Å². The fourth-order valence-electron chi connectivity index (χ4n) is 2.23. The van der Waals surface area contributed by atoms with Crippen LogP contribution in [0.5, 0.6) is 0 Å². The number of aliphatic imine (C=N–C) groups is 1. The van der Waals surface area contributed by atoms with Crippen molar-refractivity contribution in [1.82, 2.24) is 5.32 Å². The van der Waals surface area contributed by atoms with Gasteiger partial charge in [0.15, 0.2) is 0 Å². The van der Waals surface area contributed by atoms with Gasteiger partial charge in [-0.25, -0.2) is 0 Å². The second kappa shape index (κ2) is 3.23. The molecule has 0 aromatic heterocycles. The number of aliphatic hydroxyl groups excluding tert-OH is 1. The quantitative estimate of drug-likeness (QED) is 0.613. The Balaban J connectivity index is 2.07. The summed E-state index contributed by atoms with van der Waals surface area (Å²) in [6.07, 6.45) is 2.66. The molecule has 1 fully saturated rings. The van der Waals surface area contributed by atoms with Crippen LogP contribution in [0.15, 0.2) is 4.99 Å². The molecule has 0 spiro atoms. The second-order valence-corrected chi connectivity index (χ2v) is 5.51. The van der Waals surface area contributed by atoms with E-state index in [4.69, 9.17) is 4.99 Å². The lowest BCUT2D eigenvalue weighted by Gasteiger charge is -2.28. The summed E-state index contributed by atoms with van der Waals surface area (Å²) in [4.78, 5) is 4.71. The van der Waals surface area contributed by atoms with Gasteiger partial charge in [-0.15, -0.1) is 0 Å². The lowest BCUT2D eigenvalue weighted by atomic mass is 9.89. The van der Waals surface area contributed by atoms with Crippen LogP contribution in [0.25, 0.3) is 0 Å². The first-order valence-corrected chi connectivity index (χ1v) is 5.50. The predicted octanol–water partition coefficient (Wildman–Crippen LogP) is 1.32. The molecule has 2 rings (SSSR count). The van der Waals surface area contributed by atoms with Crippen LogP contribution in [0.3, 0.4) is 0 Å². The van der Waals surface area contributed by atoms with E-state index < -0.39 is 0 Å². The van der Waals surface area contributed by atoms with Gasteiger partial charge in [-0.3, -0.25) is 4.99 Å². The van der Waals surface area contributed by atoms with Gasteiger partial charge in [0, 0.05) is 5.41 Å². The molecule has 0 radical (unpaired) electrons. The maximum atomic E-state index is 9.55. The Kier molecular flexibility index (Phi) is 2.30. The molecule has 3 nitrogen and oxygen atoms in total. The minimum absolute atomic E-state index is 0.113. The molecule has 0 amide bonds. The van der Waals surface area contributed by atoms with Crippen molar-refractivity contribution in [3.8, 4) is 0 Å². The average molecular weight is 196 g/mol. The fraction of sp³-hybridized carbons (Fsp3) is 0.909. The van der Waals surface area contributed by atoms with E-state index in [0.29, 0.717) is 12.1 Å². The van der Waals surface area contributed by atoms with E-state index in [0.717, 1.165) is 25.1 Å². The van der Waals surface area contributed by atoms with E-state index in [2.05, 4.69) is 26.1 Å². The SMILES string of the molecule is CC(C)(C)C1=NC2CCC(O)CC2N1. The molecular weight excluding hydrogens is 176 g/mol. The summed E-state index contributed by atoms with van der Waals surface area (Å²) >= 11 is 0. The molecule has 80 valence electrons. The lowest BCUT2D eigenvalue weighted by Crippen LogP contribution is -2.43. The van der Waals surface area contributed by atoms with Gasteiger partial charge in [0.1, 0.15) is 5.84 Å². The van der Waals surface area contributed by atoms with Crippen LogP contribution in [0.1, 0.15) is 40.0 Å². The van der Waals surface area contributed by atoms with Crippen LogP contribution in [0.4, 0.5) is 0 Å². The smallest absolute Gasteiger partial charge is 0.102 e. The number of nitrogens with zero attached hydrogens (tertiary/aromatic N) is 1. The van der Waals surface area contributed by atoms with E-state index in [9.17, 15) is 5.11 Å². The zero-order valence-corrected chi connectivity index (χ0v) is 9.25. The molecule has 0 aromatic carbocycles. The molecular formula is C11H20N2O. The highest BCUT2D eigenvalue weighted by atomic mass is 16.3. The molecule has 0 aromatic rings. The van der Waals surface area contributed by atoms with Crippen LogP contribution < -0.4 is 5.32 Å². The van der Waals surface area contributed by atoms with Crippen LogP contribution in [-0.2, 0) is 0 Å². The summed E-state index contributed by atoms with van der Waals surface area (Å²) in [6, 6.07) is 0.792. The summed E-state index contributed by atoms with van der Waals surface area (Å²) < 4.78 is 0. The molecule has 3 unspecified atom stereocenters. The number of aliphatic hydroxyl groups is 1. The molecule has 1 aliphatic heterocycles. The minimum Gasteiger partial charge on any atom is -0.393 e. The summed E-state index contributed by atoms with van der Waals surface area (Å²) in [7, 11) is 0. The molecule has 1 heterocycles. The summed E-state index contributed by atoms with van der Waals surface area (Å²) in [5.74, 6) is 1.11. The number of rotatable bonds is 0. The minimum atomic E-state index is -0.127. The third-order valence-corrected chi connectivity index (χ3v) is 3.11. The Bertz CT molecular complexity index is 255. The number of fused-ring (bicyclic) bond motifs is 1. The second-order valence-electron chi connectivity index (χ2n) is 5.51. The Hall–Kier alpha value is -0.570. The Morgan fingerprint density at radius 2 is 2.07 bits per heavy atom. The molecule has 0 bridgehead atoms. The standard InChI is InChI=1S/C11H20N2O/c1-11(2,3)10-12-8-5-4-7(14)6-9(8)13-10/h7-9,14H,4-6H2,1-3H3,(H,12,13). The van der Waals surface area contributed by atoms with E-state index in [-0.39, 0.29) is 11.5 Å². The van der Waals surface area contributed by atoms with E-state index >= 15 is 0 Å². The highest BCUT2D eigenvalue weighted by molar-refractivity contribution is 5.89. The third kappa shape index (κ3) is 1.78. The molecule has 0 saturated heterocycles. The number of amidine groups is 1. The van der Waals surface area contributed by atoms with Crippen molar-refractivity contribution in [1.29, 1.82) is 0 Å². The van der Waals surface area contributed by atoms with E-state index in [1.807, 2.05) is 0 Å². The molecule has 1 aliphatic carbocycles. The first-order chi connectivity index (χ1) is 6.47. The topological polar surface area (TPSA) is 44.6 Å². The third-order valence-electron chi connectivity index (χ3n) is 3.11. The maximum Gasteiger partial charge on any atom is 0.102 e. The molecule has 14 heavy (non-hydrogen) atoms. The van der Waals surface area contributed by atoms with Gasteiger partial charge in [-0.1, -0.05) is 20.8 Å². The monoisotopic (exact) mass is 196 g/mol. The van der Waals surface area contributed by atoms with Gasteiger partial charge in [-0.05, 0) is 19.3 Å². The highest BCUT2D eigenvalue weighted by Gasteiger charge is 2.37. The Morgan fingerprint density at radius 1 is 1.36 bits per heavy atom. The molecule has 2 N–H and O–H groups in total. The zero-order chi connectivity index (χ0) is 10.3. The van der Waals surface area contributed by atoms with E-state index in [1.54, 1.807) is 0 Å². The van der Waals surface area contributed by atoms with Crippen LogP contribution >= 0.6 is 0 Å².